The van der Waals surface area contributed by atoms with Gasteiger partial charge in [0.25, 0.3) is 11.1 Å². The normalized spacial score (nSPS) is 21.1. The maximum atomic E-state index is 13.7. The van der Waals surface area contributed by atoms with Gasteiger partial charge in [0.2, 0.25) is 10.0 Å². The molecule has 1 aliphatic heterocycles. The molecule has 2 amide bonds. The number of ether oxygens (including phenoxy) is 1. The van der Waals surface area contributed by atoms with E-state index in [1.54, 1.807) is 30.5 Å². The predicted molar refractivity (Wildman–Crippen MR) is 153 cm³/mol. The fraction of sp³-hybridized carbons (Fsp3) is 0.393. The Bertz CT molecular complexity index is 1660. The fourth-order valence-electron chi connectivity index (χ4n) is 5.39. The van der Waals surface area contributed by atoms with Crippen LogP contribution in [0.4, 0.5) is 18.0 Å². The Balaban J connectivity index is 1.29. The Morgan fingerprint density at radius 1 is 1.12 bits per heavy atom. The van der Waals surface area contributed by atoms with Crippen LogP contribution in [0.2, 0.25) is 0 Å². The maximum Gasteiger partial charge on any atom is 0.416 e. The van der Waals surface area contributed by atoms with Crippen LogP contribution in [-0.2, 0) is 27.5 Å². The van der Waals surface area contributed by atoms with Gasteiger partial charge in [-0.3, -0.25) is 19.2 Å². The molecule has 0 atom stereocenters. The second-order valence-electron chi connectivity index (χ2n) is 10.5. The predicted octanol–water partition coefficient (Wildman–Crippen LogP) is 5.26. The van der Waals surface area contributed by atoms with Crippen molar-refractivity contribution in [3.8, 4) is 5.75 Å². The highest BCUT2D eigenvalue weighted by Crippen LogP contribution is 2.39. The summed E-state index contributed by atoms with van der Waals surface area (Å²) in [4.78, 5) is 27.6. The van der Waals surface area contributed by atoms with E-state index in [1.807, 2.05) is 0 Å². The Kier molecular flexibility index (Phi) is 8.41. The van der Waals surface area contributed by atoms with Crippen molar-refractivity contribution in [2.75, 3.05) is 19.9 Å². The van der Waals surface area contributed by atoms with Crippen LogP contribution >= 0.6 is 11.8 Å². The number of sulfonamides is 1. The molecule has 9 nitrogen and oxygen atoms in total. The molecule has 1 aliphatic carbocycles. The summed E-state index contributed by atoms with van der Waals surface area (Å²) in [6, 6.07) is 8.80. The molecule has 2 heterocycles. The van der Waals surface area contributed by atoms with Gasteiger partial charge < -0.3 is 4.74 Å². The molecule has 3 aromatic rings. The van der Waals surface area contributed by atoms with E-state index in [1.165, 1.54) is 28.8 Å². The monoisotopic (exact) mass is 622 g/mol. The second kappa shape index (κ2) is 11.7. The molecular weight excluding hydrogens is 593 g/mol. The number of hydrogen-bond donors (Lipinski definition) is 1. The number of carbonyl (C=O) groups excluding carboxylic acids is 2. The van der Waals surface area contributed by atoms with E-state index in [0.717, 1.165) is 24.1 Å². The van der Waals surface area contributed by atoms with E-state index in [4.69, 9.17) is 4.74 Å². The number of thioether (sulfide) groups is 1. The van der Waals surface area contributed by atoms with E-state index in [0.29, 0.717) is 53.6 Å². The molecule has 1 N–H and O–H groups in total. The van der Waals surface area contributed by atoms with E-state index in [-0.39, 0.29) is 41.0 Å². The van der Waals surface area contributed by atoms with Crippen LogP contribution in [0.5, 0.6) is 5.75 Å². The largest absolute Gasteiger partial charge is 0.497 e. The van der Waals surface area contributed by atoms with Crippen molar-refractivity contribution >= 4 is 49.9 Å². The van der Waals surface area contributed by atoms with Gasteiger partial charge in [-0.1, -0.05) is 12.1 Å². The molecule has 2 aliphatic rings. The average molecular weight is 623 g/mol. The van der Waals surface area contributed by atoms with E-state index in [2.05, 4.69) is 9.82 Å². The van der Waals surface area contributed by atoms with Crippen molar-refractivity contribution in [2.24, 2.45) is 5.92 Å². The Morgan fingerprint density at radius 2 is 1.86 bits per heavy atom. The third-order valence-electron chi connectivity index (χ3n) is 7.55. The Morgan fingerprint density at radius 3 is 2.52 bits per heavy atom. The van der Waals surface area contributed by atoms with Crippen LogP contribution in [0.25, 0.3) is 17.0 Å². The van der Waals surface area contributed by atoms with Crippen LogP contribution in [0, 0.1) is 5.92 Å². The summed E-state index contributed by atoms with van der Waals surface area (Å²) < 4.78 is 72.7. The summed E-state index contributed by atoms with van der Waals surface area (Å²) in [5.74, 6) is -0.0958. The first-order valence-corrected chi connectivity index (χ1v) is 15.9. The van der Waals surface area contributed by atoms with Gasteiger partial charge in [0.15, 0.2) is 0 Å². The van der Waals surface area contributed by atoms with Crippen molar-refractivity contribution < 1.29 is 35.9 Å². The third kappa shape index (κ3) is 6.65. The number of aromatic nitrogens is 2. The molecule has 0 spiro atoms. The fourth-order valence-corrected chi connectivity index (χ4v) is 6.83. The minimum Gasteiger partial charge on any atom is -0.497 e. The van der Waals surface area contributed by atoms with Gasteiger partial charge in [-0.15, -0.1) is 0 Å². The van der Waals surface area contributed by atoms with Gasteiger partial charge in [0.1, 0.15) is 5.75 Å². The number of halogens is 3. The zero-order valence-corrected chi connectivity index (χ0v) is 24.5. The molecule has 42 heavy (non-hydrogen) atoms. The number of nitrogens with zero attached hydrogens (tertiary/aromatic N) is 3. The van der Waals surface area contributed by atoms with Crippen LogP contribution in [0.15, 0.2) is 47.5 Å². The van der Waals surface area contributed by atoms with Crippen LogP contribution in [-0.4, -0.2) is 60.2 Å². The summed E-state index contributed by atoms with van der Waals surface area (Å²) in [7, 11) is -1.96. The first-order chi connectivity index (χ1) is 19.8. The molecule has 14 heteroatoms. The number of carbonyl (C=O) groups is 2. The summed E-state index contributed by atoms with van der Waals surface area (Å²) in [6.45, 7) is 0.239. The molecule has 1 saturated carbocycles. The number of rotatable bonds is 8. The summed E-state index contributed by atoms with van der Waals surface area (Å²) in [5.41, 5.74) is 0.526. The van der Waals surface area contributed by atoms with Gasteiger partial charge in [0.05, 0.1) is 42.1 Å². The highest BCUT2D eigenvalue weighted by atomic mass is 32.2. The first kappa shape index (κ1) is 30.1. The van der Waals surface area contributed by atoms with Gasteiger partial charge >= 0.3 is 6.18 Å². The lowest BCUT2D eigenvalue weighted by atomic mass is 9.85. The van der Waals surface area contributed by atoms with Gasteiger partial charge in [-0.25, -0.2) is 13.1 Å². The third-order valence-corrected chi connectivity index (χ3v) is 9.12. The molecule has 1 saturated heterocycles. The van der Waals surface area contributed by atoms with Gasteiger partial charge in [-0.2, -0.15) is 18.3 Å². The number of hydrogen-bond acceptors (Lipinski definition) is 7. The van der Waals surface area contributed by atoms with Crippen molar-refractivity contribution in [1.82, 2.24) is 19.4 Å². The molecule has 0 unspecified atom stereocenters. The summed E-state index contributed by atoms with van der Waals surface area (Å²) in [6.07, 6.45) is 2.36. The maximum absolute atomic E-state index is 13.7. The minimum absolute atomic E-state index is 0.0479. The standard InChI is InChI=1S/C28H29F3N4O5S2/c1-40-22-9-6-19(23(13-22)28(29,30)31)16-34-24-10-5-18(11-20(24)15-32-34)12-25-26(36)35(27(37)41-25)21-7-3-17(4-8-21)14-33-42(2,38)39/h5-6,9-13,15,17,21,33H,3-4,7-8,14,16H2,1-2H3/b25-12-. The average Bonchev–Trinajstić information content (AvgIpc) is 3.45. The Labute approximate surface area is 245 Å². The molecule has 1 aromatic heterocycles. The van der Waals surface area contributed by atoms with Crippen molar-refractivity contribution in [2.45, 2.75) is 44.4 Å². The van der Waals surface area contributed by atoms with Crippen LogP contribution < -0.4 is 9.46 Å². The molecular formula is C28H29F3N4O5S2. The smallest absolute Gasteiger partial charge is 0.416 e. The van der Waals surface area contributed by atoms with Gasteiger partial charge in [0, 0.05) is 18.0 Å². The lowest BCUT2D eigenvalue weighted by Gasteiger charge is -2.32. The highest BCUT2D eigenvalue weighted by molar-refractivity contribution is 8.18. The molecule has 2 aromatic carbocycles. The summed E-state index contributed by atoms with van der Waals surface area (Å²) in [5, 5.41) is 4.62. The number of imide groups is 1. The van der Waals surface area contributed by atoms with Crippen LogP contribution in [0.1, 0.15) is 42.4 Å². The van der Waals surface area contributed by atoms with E-state index in [9.17, 15) is 31.2 Å². The van der Waals surface area contributed by atoms with Crippen molar-refractivity contribution in [3.63, 3.8) is 0 Å². The first-order valence-electron chi connectivity index (χ1n) is 13.2. The number of benzene rings is 2. The van der Waals surface area contributed by atoms with Crippen molar-refractivity contribution in [3.05, 3.63) is 64.2 Å². The molecule has 0 bridgehead atoms. The Hall–Kier alpha value is -3.36. The van der Waals surface area contributed by atoms with Crippen molar-refractivity contribution in [1.29, 1.82) is 0 Å². The summed E-state index contributed by atoms with van der Waals surface area (Å²) >= 11 is 0.873. The zero-order chi connectivity index (χ0) is 30.2. The number of nitrogens with one attached hydrogen (secondary N) is 1. The number of amides is 2. The molecule has 2 fully saturated rings. The second-order valence-corrected chi connectivity index (χ2v) is 13.3. The topological polar surface area (TPSA) is 111 Å². The minimum atomic E-state index is -4.56. The van der Waals surface area contributed by atoms with Gasteiger partial charge in [-0.05, 0) is 84.8 Å². The van der Waals surface area contributed by atoms with Crippen LogP contribution in [0.3, 0.4) is 0 Å². The highest BCUT2D eigenvalue weighted by Gasteiger charge is 2.41. The molecule has 224 valence electrons. The molecule has 5 rings (SSSR count). The molecule has 0 radical (unpaired) electrons. The number of fused-ring (bicyclic) bond motifs is 1. The lowest BCUT2D eigenvalue weighted by Crippen LogP contribution is -2.42. The number of methoxy groups -OCH3 is 1. The lowest BCUT2D eigenvalue weighted by molar-refractivity contribution is -0.138. The number of alkyl halides is 3. The SMILES string of the molecule is COc1ccc(Cn2ncc3cc(/C=C4\SC(=O)N(C5CCC(CNS(C)(=O)=O)CC5)C4=O)ccc32)c(C(F)(F)F)c1. The van der Waals surface area contributed by atoms with E-state index >= 15 is 0 Å². The zero-order valence-electron chi connectivity index (χ0n) is 22.8. The quantitative estimate of drug-likeness (QED) is 0.342. The van der Waals surface area contributed by atoms with E-state index < -0.39 is 21.8 Å².